The zero-order valence-corrected chi connectivity index (χ0v) is 12.3. The number of rotatable bonds is 3. The Labute approximate surface area is 121 Å². The molecule has 2 aromatic carbocycles. The Balaban J connectivity index is 2.51. The molecule has 0 N–H and O–H groups in total. The van der Waals surface area contributed by atoms with E-state index in [9.17, 15) is 4.79 Å². The van der Waals surface area contributed by atoms with Gasteiger partial charge in [0.2, 0.25) is 0 Å². The second-order valence-electron chi connectivity index (χ2n) is 5.95. The normalized spacial score (nSPS) is 11.2. The highest BCUT2D eigenvalue weighted by Crippen LogP contribution is 2.29. The molecule has 2 aromatic rings. The van der Waals surface area contributed by atoms with Crippen molar-refractivity contribution in [3.05, 3.63) is 66.2 Å². The molecule has 0 radical (unpaired) electrons. The van der Waals surface area contributed by atoms with Gasteiger partial charge in [0.25, 0.3) is 0 Å². The molecule has 20 heavy (non-hydrogen) atoms. The maximum absolute atomic E-state index is 12.6. The summed E-state index contributed by atoms with van der Waals surface area (Å²) >= 11 is 0. The van der Waals surface area contributed by atoms with E-state index in [4.69, 9.17) is 0 Å². The van der Waals surface area contributed by atoms with Crippen LogP contribution in [0, 0.1) is 5.41 Å². The van der Waals surface area contributed by atoms with Crippen molar-refractivity contribution in [3.63, 3.8) is 0 Å². The minimum absolute atomic E-state index is 0.167. The average Bonchev–Trinajstić information content (AvgIpc) is 2.45. The van der Waals surface area contributed by atoms with Crippen LogP contribution in [0.3, 0.4) is 0 Å². The first-order valence-electron chi connectivity index (χ1n) is 6.80. The molecule has 0 heterocycles. The summed E-state index contributed by atoms with van der Waals surface area (Å²) in [6.07, 6.45) is 1.82. The van der Waals surface area contributed by atoms with Crippen LogP contribution in [0.2, 0.25) is 0 Å². The molecule has 102 valence electrons. The van der Waals surface area contributed by atoms with Crippen LogP contribution < -0.4 is 0 Å². The molecule has 0 unspecified atom stereocenters. The van der Waals surface area contributed by atoms with Crippen LogP contribution in [0.25, 0.3) is 17.2 Å². The summed E-state index contributed by atoms with van der Waals surface area (Å²) in [5, 5.41) is 0. The number of Topliss-reactive ketones (excluding diaryl/α,β-unsaturated/α-hetero) is 1. The number of hydrogen-bond donors (Lipinski definition) is 0. The second kappa shape index (κ2) is 5.46. The van der Waals surface area contributed by atoms with E-state index in [-0.39, 0.29) is 11.2 Å². The van der Waals surface area contributed by atoms with Gasteiger partial charge in [0.05, 0.1) is 0 Å². The van der Waals surface area contributed by atoms with Gasteiger partial charge in [0.1, 0.15) is 0 Å². The molecule has 1 heteroatoms. The van der Waals surface area contributed by atoms with Gasteiger partial charge in [0, 0.05) is 11.0 Å². The van der Waals surface area contributed by atoms with Crippen LogP contribution in [0.5, 0.6) is 0 Å². The minimum Gasteiger partial charge on any atom is -0.294 e. The standard InChI is InChI=1S/C19H20O/c1-5-14-10-12-15(13-11-14)16-8-6-7-9-17(16)18(20)19(2,3)4/h5-13H,1H2,2-4H3. The Hall–Kier alpha value is -2.15. The lowest BCUT2D eigenvalue weighted by Crippen LogP contribution is -2.20. The van der Waals surface area contributed by atoms with E-state index in [1.165, 1.54) is 0 Å². The summed E-state index contributed by atoms with van der Waals surface area (Å²) in [5.41, 5.74) is 3.53. The van der Waals surface area contributed by atoms with Gasteiger partial charge in [-0.25, -0.2) is 0 Å². The summed E-state index contributed by atoms with van der Waals surface area (Å²) in [6.45, 7) is 9.61. The molecule has 1 nitrogen and oxygen atoms in total. The summed E-state index contributed by atoms with van der Waals surface area (Å²) in [6, 6.07) is 15.9. The molecule has 0 aliphatic rings. The van der Waals surface area contributed by atoms with E-state index >= 15 is 0 Å². The Morgan fingerprint density at radius 3 is 2.15 bits per heavy atom. The highest BCUT2D eigenvalue weighted by molar-refractivity contribution is 6.05. The lowest BCUT2D eigenvalue weighted by molar-refractivity contribution is 0.0859. The lowest BCUT2D eigenvalue weighted by atomic mass is 9.83. The minimum atomic E-state index is -0.378. The molecule has 0 aliphatic heterocycles. The molecule has 0 saturated carbocycles. The van der Waals surface area contributed by atoms with Crippen molar-refractivity contribution in [2.45, 2.75) is 20.8 Å². The monoisotopic (exact) mass is 264 g/mol. The summed E-state index contributed by atoms with van der Waals surface area (Å²) in [7, 11) is 0. The van der Waals surface area contributed by atoms with E-state index < -0.39 is 0 Å². The Morgan fingerprint density at radius 1 is 1.00 bits per heavy atom. The van der Waals surface area contributed by atoms with E-state index in [1.807, 2.05) is 75.4 Å². The summed E-state index contributed by atoms with van der Waals surface area (Å²) in [5.74, 6) is 0.167. The fraction of sp³-hybridized carbons (Fsp3) is 0.211. The zero-order chi connectivity index (χ0) is 14.8. The van der Waals surface area contributed by atoms with E-state index in [0.717, 1.165) is 22.3 Å². The summed E-state index contributed by atoms with van der Waals surface area (Å²) in [4.78, 5) is 12.6. The van der Waals surface area contributed by atoms with Crippen LogP contribution in [0.4, 0.5) is 0 Å². The van der Waals surface area contributed by atoms with Crippen molar-refractivity contribution in [3.8, 4) is 11.1 Å². The molecule has 0 atom stereocenters. The Morgan fingerprint density at radius 2 is 1.60 bits per heavy atom. The van der Waals surface area contributed by atoms with Gasteiger partial charge in [-0.1, -0.05) is 82.0 Å². The largest absolute Gasteiger partial charge is 0.294 e. The zero-order valence-electron chi connectivity index (χ0n) is 12.3. The van der Waals surface area contributed by atoms with Gasteiger partial charge in [-0.05, 0) is 16.7 Å². The number of carbonyl (C=O) groups excluding carboxylic acids is 1. The predicted octanol–water partition coefficient (Wildman–Crippen LogP) is 5.23. The third-order valence-corrected chi connectivity index (χ3v) is 3.31. The quantitative estimate of drug-likeness (QED) is 0.694. The fourth-order valence-electron chi connectivity index (χ4n) is 2.14. The molecule has 0 aliphatic carbocycles. The highest BCUT2D eigenvalue weighted by Gasteiger charge is 2.25. The smallest absolute Gasteiger partial charge is 0.168 e. The fourth-order valence-corrected chi connectivity index (χ4v) is 2.14. The van der Waals surface area contributed by atoms with E-state index in [0.29, 0.717) is 0 Å². The summed E-state index contributed by atoms with van der Waals surface area (Å²) < 4.78 is 0. The number of carbonyl (C=O) groups is 1. The van der Waals surface area contributed by atoms with Crippen LogP contribution in [-0.4, -0.2) is 5.78 Å². The van der Waals surface area contributed by atoms with Crippen molar-refractivity contribution < 1.29 is 4.79 Å². The molecule has 0 spiro atoms. The molecule has 2 rings (SSSR count). The van der Waals surface area contributed by atoms with E-state index in [2.05, 4.69) is 6.58 Å². The first-order valence-corrected chi connectivity index (χ1v) is 6.80. The van der Waals surface area contributed by atoms with Gasteiger partial charge in [0.15, 0.2) is 5.78 Å². The van der Waals surface area contributed by atoms with Crippen molar-refractivity contribution in [1.29, 1.82) is 0 Å². The molecule has 0 aromatic heterocycles. The Kier molecular flexibility index (Phi) is 3.89. The third kappa shape index (κ3) is 2.88. The van der Waals surface area contributed by atoms with Crippen molar-refractivity contribution in [2.75, 3.05) is 0 Å². The number of hydrogen-bond acceptors (Lipinski definition) is 1. The second-order valence-corrected chi connectivity index (χ2v) is 5.95. The number of ketones is 1. The molecule has 0 fully saturated rings. The van der Waals surface area contributed by atoms with Crippen LogP contribution in [0.1, 0.15) is 36.7 Å². The average molecular weight is 264 g/mol. The maximum atomic E-state index is 12.6. The van der Waals surface area contributed by atoms with Crippen molar-refractivity contribution in [2.24, 2.45) is 5.41 Å². The van der Waals surface area contributed by atoms with Crippen molar-refractivity contribution >= 4 is 11.9 Å². The first kappa shape index (κ1) is 14.3. The topological polar surface area (TPSA) is 17.1 Å². The first-order chi connectivity index (χ1) is 9.43. The Bertz CT molecular complexity index is 628. The van der Waals surface area contributed by atoms with Gasteiger partial charge >= 0.3 is 0 Å². The van der Waals surface area contributed by atoms with Gasteiger partial charge in [-0.2, -0.15) is 0 Å². The van der Waals surface area contributed by atoms with Crippen LogP contribution >= 0.6 is 0 Å². The van der Waals surface area contributed by atoms with Crippen molar-refractivity contribution in [1.82, 2.24) is 0 Å². The van der Waals surface area contributed by atoms with Crippen LogP contribution in [-0.2, 0) is 0 Å². The van der Waals surface area contributed by atoms with Gasteiger partial charge < -0.3 is 0 Å². The maximum Gasteiger partial charge on any atom is 0.168 e. The highest BCUT2D eigenvalue weighted by atomic mass is 16.1. The van der Waals surface area contributed by atoms with Gasteiger partial charge in [-0.3, -0.25) is 4.79 Å². The SMILES string of the molecule is C=Cc1ccc(-c2ccccc2C(=O)C(C)(C)C)cc1. The van der Waals surface area contributed by atoms with Crippen LogP contribution in [0.15, 0.2) is 55.1 Å². The predicted molar refractivity (Wildman–Crippen MR) is 85.8 cm³/mol. The number of benzene rings is 2. The molecule has 0 amide bonds. The molecule has 0 saturated heterocycles. The van der Waals surface area contributed by atoms with Gasteiger partial charge in [-0.15, -0.1) is 0 Å². The molecular formula is C19H20O. The molecule has 0 bridgehead atoms. The van der Waals surface area contributed by atoms with E-state index in [1.54, 1.807) is 0 Å². The third-order valence-electron chi connectivity index (χ3n) is 3.31. The molecular weight excluding hydrogens is 244 g/mol. The lowest BCUT2D eigenvalue weighted by Gasteiger charge is -2.19.